The summed E-state index contributed by atoms with van der Waals surface area (Å²) in [4.78, 5) is 0. The van der Waals surface area contributed by atoms with E-state index in [9.17, 15) is 13.9 Å². The van der Waals surface area contributed by atoms with Crippen LogP contribution in [0.25, 0.3) is 0 Å². The molecule has 1 nitrogen and oxygen atoms in total. The Labute approximate surface area is 110 Å². The third-order valence-corrected chi connectivity index (χ3v) is 5.58. The minimum absolute atomic E-state index is 0.00602. The van der Waals surface area contributed by atoms with E-state index in [4.69, 9.17) is 0 Å². The first-order valence-electron chi connectivity index (χ1n) is 6.33. The molecule has 1 aromatic rings. The van der Waals surface area contributed by atoms with Crippen molar-refractivity contribution in [2.75, 3.05) is 0 Å². The molecule has 0 aliphatic carbocycles. The molecule has 3 rings (SSSR count). The monoisotopic (exact) mass is 270 g/mol. The van der Waals surface area contributed by atoms with Crippen LogP contribution in [0.2, 0.25) is 0 Å². The maximum Gasteiger partial charge on any atom is 0.263 e. The lowest BCUT2D eigenvalue weighted by Crippen LogP contribution is -2.34. The van der Waals surface area contributed by atoms with Crippen molar-refractivity contribution in [2.24, 2.45) is 0 Å². The third kappa shape index (κ3) is 2.16. The second kappa shape index (κ2) is 4.49. The first kappa shape index (κ1) is 12.4. The lowest BCUT2D eigenvalue weighted by molar-refractivity contribution is 0.0193. The molecule has 0 spiro atoms. The molecule has 0 amide bonds. The smallest absolute Gasteiger partial charge is 0.263 e. The molecule has 2 aliphatic rings. The van der Waals surface area contributed by atoms with Crippen LogP contribution in [-0.2, 0) is 5.60 Å². The van der Waals surface area contributed by atoms with Crippen LogP contribution >= 0.6 is 11.8 Å². The number of rotatable bonds is 2. The first-order chi connectivity index (χ1) is 8.57. The van der Waals surface area contributed by atoms with Crippen molar-refractivity contribution in [3.63, 3.8) is 0 Å². The van der Waals surface area contributed by atoms with Gasteiger partial charge in [-0.25, -0.2) is 8.78 Å². The van der Waals surface area contributed by atoms with Gasteiger partial charge in [-0.2, -0.15) is 11.8 Å². The number of hydrogen-bond donors (Lipinski definition) is 1. The summed E-state index contributed by atoms with van der Waals surface area (Å²) in [6, 6.07) is 6.30. The zero-order valence-corrected chi connectivity index (χ0v) is 10.8. The number of fused-ring (bicyclic) bond motifs is 2. The lowest BCUT2D eigenvalue weighted by atomic mass is 9.85. The van der Waals surface area contributed by atoms with E-state index >= 15 is 0 Å². The maximum absolute atomic E-state index is 12.7. The molecule has 2 atom stereocenters. The molecule has 2 saturated heterocycles. The molecule has 4 heteroatoms. The van der Waals surface area contributed by atoms with Crippen LogP contribution in [0.15, 0.2) is 24.3 Å². The van der Waals surface area contributed by atoms with Crippen LogP contribution in [0.5, 0.6) is 0 Å². The minimum atomic E-state index is -2.47. The predicted molar refractivity (Wildman–Crippen MR) is 68.9 cm³/mol. The highest BCUT2D eigenvalue weighted by atomic mass is 32.2. The van der Waals surface area contributed by atoms with Crippen LogP contribution in [0.1, 0.15) is 43.2 Å². The molecule has 0 radical (unpaired) electrons. The van der Waals surface area contributed by atoms with Gasteiger partial charge in [0.05, 0.1) is 5.60 Å². The predicted octanol–water partition coefficient (Wildman–Crippen LogP) is 3.87. The van der Waals surface area contributed by atoms with E-state index in [0.717, 1.165) is 12.8 Å². The summed E-state index contributed by atoms with van der Waals surface area (Å²) in [7, 11) is 0. The van der Waals surface area contributed by atoms with Gasteiger partial charge in [-0.05, 0) is 37.3 Å². The van der Waals surface area contributed by atoms with Crippen molar-refractivity contribution < 1.29 is 13.9 Å². The highest BCUT2D eigenvalue weighted by Crippen LogP contribution is 2.51. The number of benzene rings is 1. The zero-order chi connectivity index (χ0) is 12.8. The SMILES string of the molecule is OC1(c2cccc(C(F)F)c2)CC2CCC(C1)S2. The summed E-state index contributed by atoms with van der Waals surface area (Å²) >= 11 is 1.95. The Hall–Kier alpha value is -0.610. The molecule has 1 N–H and O–H groups in total. The molecule has 1 aromatic carbocycles. The highest BCUT2D eigenvalue weighted by molar-refractivity contribution is 8.00. The second-order valence-corrected chi connectivity index (χ2v) is 6.93. The molecule has 2 bridgehead atoms. The summed E-state index contributed by atoms with van der Waals surface area (Å²) in [5, 5.41) is 11.8. The Balaban J connectivity index is 1.91. The molecular formula is C14H16F2OS. The Morgan fingerprint density at radius 3 is 2.50 bits per heavy atom. The minimum Gasteiger partial charge on any atom is -0.385 e. The van der Waals surface area contributed by atoms with Crippen LogP contribution in [0, 0.1) is 0 Å². The van der Waals surface area contributed by atoms with Gasteiger partial charge in [0, 0.05) is 16.1 Å². The number of alkyl halides is 2. The summed E-state index contributed by atoms with van der Waals surface area (Å²) in [5.74, 6) is 0. The maximum atomic E-state index is 12.7. The van der Waals surface area contributed by atoms with Crippen LogP contribution in [0.3, 0.4) is 0 Å². The fourth-order valence-electron chi connectivity index (χ4n) is 3.12. The molecular weight excluding hydrogens is 254 g/mol. The highest BCUT2D eigenvalue weighted by Gasteiger charge is 2.44. The topological polar surface area (TPSA) is 20.2 Å². The summed E-state index contributed by atoms with van der Waals surface area (Å²) in [6.45, 7) is 0. The molecule has 0 saturated carbocycles. The van der Waals surface area contributed by atoms with Gasteiger partial charge >= 0.3 is 0 Å². The number of hydrogen-bond acceptors (Lipinski definition) is 2. The van der Waals surface area contributed by atoms with Crippen LogP contribution in [0.4, 0.5) is 8.78 Å². The van der Waals surface area contributed by atoms with E-state index in [1.54, 1.807) is 12.1 Å². The third-order valence-electron chi connectivity index (χ3n) is 4.00. The fraction of sp³-hybridized carbons (Fsp3) is 0.571. The van der Waals surface area contributed by atoms with Crippen molar-refractivity contribution in [3.05, 3.63) is 35.4 Å². The number of aliphatic hydroxyl groups is 1. The van der Waals surface area contributed by atoms with Crippen molar-refractivity contribution in [2.45, 2.75) is 48.2 Å². The van der Waals surface area contributed by atoms with Gasteiger partial charge in [-0.3, -0.25) is 0 Å². The van der Waals surface area contributed by atoms with E-state index in [1.807, 2.05) is 11.8 Å². The second-order valence-electron chi connectivity index (χ2n) is 5.32. The Morgan fingerprint density at radius 2 is 1.89 bits per heavy atom. The van der Waals surface area contributed by atoms with Crippen molar-refractivity contribution in [1.82, 2.24) is 0 Å². The molecule has 2 heterocycles. The van der Waals surface area contributed by atoms with E-state index in [-0.39, 0.29) is 5.56 Å². The Kier molecular flexibility index (Phi) is 3.10. The summed E-state index contributed by atoms with van der Waals surface area (Å²) in [5.41, 5.74) is -0.230. The summed E-state index contributed by atoms with van der Waals surface area (Å²) in [6.07, 6.45) is 1.21. The van der Waals surface area contributed by atoms with Gasteiger partial charge in [0.2, 0.25) is 0 Å². The largest absolute Gasteiger partial charge is 0.385 e. The van der Waals surface area contributed by atoms with Crippen LogP contribution in [-0.4, -0.2) is 15.6 Å². The van der Waals surface area contributed by atoms with Gasteiger partial charge in [0.25, 0.3) is 6.43 Å². The van der Waals surface area contributed by atoms with Gasteiger partial charge in [-0.1, -0.05) is 18.2 Å². The molecule has 2 fully saturated rings. The molecule has 2 unspecified atom stereocenters. The van der Waals surface area contributed by atoms with Gasteiger partial charge in [0.1, 0.15) is 0 Å². The van der Waals surface area contributed by atoms with Crippen molar-refractivity contribution >= 4 is 11.8 Å². The first-order valence-corrected chi connectivity index (χ1v) is 7.27. The Bertz CT molecular complexity index is 437. The van der Waals surface area contributed by atoms with E-state index in [2.05, 4.69) is 0 Å². The molecule has 0 aromatic heterocycles. The van der Waals surface area contributed by atoms with Gasteiger partial charge in [0.15, 0.2) is 0 Å². The average molecular weight is 270 g/mol. The quantitative estimate of drug-likeness (QED) is 0.880. The van der Waals surface area contributed by atoms with Crippen molar-refractivity contribution in [1.29, 1.82) is 0 Å². The fourth-order valence-corrected chi connectivity index (χ4v) is 4.95. The van der Waals surface area contributed by atoms with Gasteiger partial charge < -0.3 is 5.11 Å². The normalized spacial score (nSPS) is 35.1. The molecule has 18 heavy (non-hydrogen) atoms. The average Bonchev–Trinajstić information content (AvgIpc) is 2.69. The zero-order valence-electron chi connectivity index (χ0n) is 9.98. The number of halogens is 2. The molecule has 98 valence electrons. The lowest BCUT2D eigenvalue weighted by Gasteiger charge is -2.36. The standard InChI is InChI=1S/C14H16F2OS/c15-13(16)9-2-1-3-10(6-9)14(17)7-11-4-5-12(8-14)18-11/h1-3,6,11-13,17H,4-5,7-8H2. The summed E-state index contributed by atoms with van der Waals surface area (Å²) < 4.78 is 25.4. The number of thioether (sulfide) groups is 1. The van der Waals surface area contributed by atoms with E-state index in [0.29, 0.717) is 28.9 Å². The van der Waals surface area contributed by atoms with Crippen molar-refractivity contribution in [3.8, 4) is 0 Å². The molecule has 2 aliphatic heterocycles. The Morgan fingerprint density at radius 1 is 1.22 bits per heavy atom. The van der Waals surface area contributed by atoms with E-state index < -0.39 is 12.0 Å². The van der Waals surface area contributed by atoms with Crippen LogP contribution < -0.4 is 0 Å². The van der Waals surface area contributed by atoms with Gasteiger partial charge in [-0.15, -0.1) is 0 Å². The van der Waals surface area contributed by atoms with E-state index in [1.165, 1.54) is 12.1 Å².